The third kappa shape index (κ3) is 11.6. The number of hydrogen-bond acceptors (Lipinski definition) is 3. The molecule has 1 aliphatic rings. The number of rotatable bonds is 8. The minimum atomic E-state index is -0.229. The Morgan fingerprint density at radius 1 is 1.35 bits per heavy atom. The van der Waals surface area contributed by atoms with Crippen molar-refractivity contribution in [3.63, 3.8) is 0 Å². The molecule has 0 aromatic carbocycles. The molecule has 0 heterocycles. The van der Waals surface area contributed by atoms with Crippen molar-refractivity contribution in [1.82, 2.24) is 15.5 Å². The Balaban J connectivity index is 0.00000484. The van der Waals surface area contributed by atoms with E-state index in [0.717, 1.165) is 31.6 Å². The van der Waals surface area contributed by atoms with Crippen LogP contribution in [0, 0.1) is 5.92 Å². The van der Waals surface area contributed by atoms with Gasteiger partial charge in [0.2, 0.25) is 5.91 Å². The van der Waals surface area contributed by atoms with Gasteiger partial charge >= 0.3 is 0 Å². The van der Waals surface area contributed by atoms with E-state index >= 15 is 0 Å². The second-order valence-electron chi connectivity index (χ2n) is 6.91. The summed E-state index contributed by atoms with van der Waals surface area (Å²) in [6, 6.07) is 0. The molecule has 0 atom stereocenters. The molecule has 1 fully saturated rings. The Kier molecular flexibility index (Phi) is 10.8. The smallest absolute Gasteiger partial charge is 0.242 e. The predicted octanol–water partition coefficient (Wildman–Crippen LogP) is 1.84. The molecule has 1 aliphatic carbocycles. The van der Waals surface area contributed by atoms with Crippen molar-refractivity contribution in [2.24, 2.45) is 10.9 Å². The molecule has 0 radical (unpaired) electrons. The van der Waals surface area contributed by atoms with Crippen molar-refractivity contribution in [2.75, 3.05) is 39.9 Å². The van der Waals surface area contributed by atoms with Gasteiger partial charge in [-0.15, -0.1) is 24.0 Å². The molecule has 0 aromatic rings. The fraction of sp³-hybridized carbons (Fsp3) is 0.875. The molecule has 1 saturated carbocycles. The SMILES string of the molecule is CCNC(=NCC(=O)NC(C)(C)C)N(C)CCOCC1CC1.I. The van der Waals surface area contributed by atoms with E-state index in [1.807, 2.05) is 39.6 Å². The number of amides is 1. The van der Waals surface area contributed by atoms with Crippen molar-refractivity contribution in [3.05, 3.63) is 0 Å². The number of carbonyl (C=O) groups is 1. The number of nitrogens with zero attached hydrogens (tertiary/aromatic N) is 2. The highest BCUT2D eigenvalue weighted by molar-refractivity contribution is 14.0. The van der Waals surface area contributed by atoms with Crippen molar-refractivity contribution in [3.8, 4) is 0 Å². The first-order valence-corrected chi connectivity index (χ1v) is 8.20. The van der Waals surface area contributed by atoms with Crippen LogP contribution in [0.4, 0.5) is 0 Å². The van der Waals surface area contributed by atoms with Crippen LogP contribution >= 0.6 is 24.0 Å². The molecule has 0 unspecified atom stereocenters. The first-order valence-electron chi connectivity index (χ1n) is 8.20. The molecule has 0 bridgehead atoms. The predicted molar refractivity (Wildman–Crippen MR) is 105 cm³/mol. The zero-order valence-corrected chi connectivity index (χ0v) is 17.5. The summed E-state index contributed by atoms with van der Waals surface area (Å²) in [5.41, 5.74) is -0.229. The van der Waals surface area contributed by atoms with Crippen LogP contribution < -0.4 is 10.6 Å². The standard InChI is InChI=1S/C16H32N4O2.HI/c1-6-17-15(18-11-14(21)19-16(2,3)4)20(5)9-10-22-12-13-7-8-13;/h13H,6-12H2,1-5H3,(H,17,18)(H,19,21);1H. The Morgan fingerprint density at radius 3 is 2.52 bits per heavy atom. The molecule has 0 aliphatic heterocycles. The lowest BCUT2D eigenvalue weighted by Gasteiger charge is -2.23. The van der Waals surface area contributed by atoms with Gasteiger partial charge in [-0.1, -0.05) is 0 Å². The minimum Gasteiger partial charge on any atom is -0.379 e. The quantitative estimate of drug-likeness (QED) is 0.262. The summed E-state index contributed by atoms with van der Waals surface area (Å²) in [4.78, 5) is 18.2. The van der Waals surface area contributed by atoms with E-state index in [9.17, 15) is 4.79 Å². The van der Waals surface area contributed by atoms with Crippen LogP contribution in [0.2, 0.25) is 0 Å². The van der Waals surface area contributed by atoms with Crippen molar-refractivity contribution in [2.45, 2.75) is 46.1 Å². The average molecular weight is 440 g/mol. The Morgan fingerprint density at radius 2 is 2.00 bits per heavy atom. The normalized spacial score (nSPS) is 14.9. The van der Waals surface area contributed by atoms with Gasteiger partial charge in [-0.25, -0.2) is 4.99 Å². The largest absolute Gasteiger partial charge is 0.379 e. The van der Waals surface area contributed by atoms with Crippen LogP contribution in [-0.2, 0) is 9.53 Å². The molecular weight excluding hydrogens is 407 g/mol. The van der Waals surface area contributed by atoms with Gasteiger partial charge in [-0.05, 0) is 46.5 Å². The summed E-state index contributed by atoms with van der Waals surface area (Å²) in [7, 11) is 1.96. The van der Waals surface area contributed by atoms with Crippen LogP contribution in [0.5, 0.6) is 0 Å². The van der Waals surface area contributed by atoms with Gasteiger partial charge in [0.05, 0.1) is 6.61 Å². The van der Waals surface area contributed by atoms with Gasteiger partial charge in [0.1, 0.15) is 6.54 Å². The number of ether oxygens (including phenoxy) is 1. The first kappa shape index (κ1) is 22.4. The number of halogens is 1. The fourth-order valence-corrected chi connectivity index (χ4v) is 1.92. The topological polar surface area (TPSA) is 66.0 Å². The van der Waals surface area contributed by atoms with Crippen LogP contribution in [-0.4, -0.2) is 62.2 Å². The highest BCUT2D eigenvalue weighted by Crippen LogP contribution is 2.28. The van der Waals surface area contributed by atoms with Crippen LogP contribution in [0.3, 0.4) is 0 Å². The summed E-state index contributed by atoms with van der Waals surface area (Å²) >= 11 is 0. The molecule has 1 rings (SSSR count). The highest BCUT2D eigenvalue weighted by atomic mass is 127. The monoisotopic (exact) mass is 440 g/mol. The zero-order chi connectivity index (χ0) is 16.6. The van der Waals surface area contributed by atoms with E-state index in [-0.39, 0.29) is 42.0 Å². The molecule has 23 heavy (non-hydrogen) atoms. The number of aliphatic imine (C=N–C) groups is 1. The first-order chi connectivity index (χ1) is 10.3. The fourth-order valence-electron chi connectivity index (χ4n) is 1.92. The molecule has 1 amide bonds. The molecule has 0 saturated heterocycles. The molecule has 0 spiro atoms. The summed E-state index contributed by atoms with van der Waals surface area (Å²) in [6.45, 7) is 11.1. The van der Waals surface area contributed by atoms with E-state index < -0.39 is 0 Å². The maximum Gasteiger partial charge on any atom is 0.242 e. The number of likely N-dealkylation sites (N-methyl/N-ethyl adjacent to an activating group) is 1. The van der Waals surface area contributed by atoms with Crippen molar-refractivity contribution >= 4 is 35.8 Å². The zero-order valence-electron chi connectivity index (χ0n) is 15.1. The molecule has 7 heteroatoms. The van der Waals surface area contributed by atoms with E-state index in [1.165, 1.54) is 12.8 Å². The maximum atomic E-state index is 11.8. The molecule has 0 aromatic heterocycles. The van der Waals surface area contributed by atoms with Crippen LogP contribution in [0.15, 0.2) is 4.99 Å². The summed E-state index contributed by atoms with van der Waals surface area (Å²) < 4.78 is 5.64. The van der Waals surface area contributed by atoms with Gasteiger partial charge in [-0.3, -0.25) is 4.79 Å². The van der Waals surface area contributed by atoms with Crippen molar-refractivity contribution in [1.29, 1.82) is 0 Å². The molecule has 136 valence electrons. The Labute approximate surface area is 157 Å². The van der Waals surface area contributed by atoms with E-state index in [4.69, 9.17) is 4.74 Å². The second-order valence-corrected chi connectivity index (χ2v) is 6.91. The number of carbonyl (C=O) groups excluding carboxylic acids is 1. The second kappa shape index (κ2) is 11.1. The Hall–Kier alpha value is -0.570. The summed E-state index contributed by atoms with van der Waals surface area (Å²) in [5, 5.41) is 6.11. The van der Waals surface area contributed by atoms with Crippen LogP contribution in [0.25, 0.3) is 0 Å². The number of hydrogen-bond donors (Lipinski definition) is 2. The van der Waals surface area contributed by atoms with Gasteiger partial charge in [0.15, 0.2) is 5.96 Å². The summed E-state index contributed by atoms with van der Waals surface area (Å²) in [5.74, 6) is 1.45. The Bertz CT molecular complexity index is 379. The lowest BCUT2D eigenvalue weighted by atomic mass is 10.1. The lowest BCUT2D eigenvalue weighted by molar-refractivity contribution is -0.121. The van der Waals surface area contributed by atoms with Gasteiger partial charge < -0.3 is 20.3 Å². The molecule has 6 nitrogen and oxygen atoms in total. The van der Waals surface area contributed by atoms with Gasteiger partial charge in [-0.2, -0.15) is 0 Å². The van der Waals surface area contributed by atoms with Gasteiger partial charge in [0.25, 0.3) is 0 Å². The lowest BCUT2D eigenvalue weighted by Crippen LogP contribution is -2.44. The summed E-state index contributed by atoms with van der Waals surface area (Å²) in [6.07, 6.45) is 2.62. The van der Waals surface area contributed by atoms with Crippen LogP contribution in [0.1, 0.15) is 40.5 Å². The maximum absolute atomic E-state index is 11.8. The van der Waals surface area contributed by atoms with Gasteiger partial charge in [0, 0.05) is 32.3 Å². The molecular formula is C16H33IN4O2. The minimum absolute atomic E-state index is 0. The van der Waals surface area contributed by atoms with E-state index in [2.05, 4.69) is 15.6 Å². The molecule has 2 N–H and O–H groups in total. The van der Waals surface area contributed by atoms with Crippen molar-refractivity contribution < 1.29 is 9.53 Å². The third-order valence-electron chi connectivity index (χ3n) is 3.20. The number of nitrogens with one attached hydrogen (secondary N) is 2. The van der Waals surface area contributed by atoms with E-state index in [0.29, 0.717) is 6.61 Å². The third-order valence-corrected chi connectivity index (χ3v) is 3.20. The highest BCUT2D eigenvalue weighted by Gasteiger charge is 2.21. The average Bonchev–Trinajstić information content (AvgIpc) is 3.21. The number of guanidine groups is 1. The van der Waals surface area contributed by atoms with E-state index in [1.54, 1.807) is 0 Å².